The number of hydrogen-bond acceptors (Lipinski definition) is 8. The lowest BCUT2D eigenvalue weighted by atomic mass is 9.97. The molecule has 2 unspecified atom stereocenters. The molecule has 47 heavy (non-hydrogen) atoms. The average molecular weight is 679 g/mol. The van der Waals surface area contributed by atoms with Gasteiger partial charge in [-0.15, -0.1) is 0 Å². The fraction of sp³-hybridized carbons (Fsp3) is 0.406. The van der Waals surface area contributed by atoms with E-state index in [2.05, 4.69) is 9.17 Å². The van der Waals surface area contributed by atoms with E-state index < -0.39 is 56.0 Å². The van der Waals surface area contributed by atoms with Gasteiger partial charge in [-0.2, -0.15) is 21.6 Å². The summed E-state index contributed by atoms with van der Waals surface area (Å²) in [5.74, 6) is -3.33. The highest BCUT2D eigenvalue weighted by Gasteiger charge is 2.49. The lowest BCUT2D eigenvalue weighted by Gasteiger charge is -2.42. The first-order chi connectivity index (χ1) is 21.9. The van der Waals surface area contributed by atoms with Crippen molar-refractivity contribution in [2.24, 2.45) is 0 Å². The van der Waals surface area contributed by atoms with Crippen LogP contribution in [0.2, 0.25) is 0 Å². The largest absolute Gasteiger partial charge is 0.534 e. The predicted molar refractivity (Wildman–Crippen MR) is 165 cm³/mol. The van der Waals surface area contributed by atoms with Gasteiger partial charge in [0.25, 0.3) is 0 Å². The molecule has 1 amide bonds. The number of piperazine rings is 1. The van der Waals surface area contributed by atoms with Crippen molar-refractivity contribution in [1.82, 2.24) is 14.9 Å². The number of hydrogen-bond donors (Lipinski definition) is 0. The van der Waals surface area contributed by atoms with E-state index in [1.54, 1.807) is 39.5 Å². The first-order valence-corrected chi connectivity index (χ1v) is 16.2. The van der Waals surface area contributed by atoms with Crippen LogP contribution in [0.15, 0.2) is 36.5 Å². The Morgan fingerprint density at radius 2 is 1.62 bits per heavy atom. The first-order valence-electron chi connectivity index (χ1n) is 14.8. The monoisotopic (exact) mass is 678 g/mol. The van der Waals surface area contributed by atoms with Crippen molar-refractivity contribution in [2.75, 3.05) is 18.0 Å². The molecule has 2 atom stereocenters. The summed E-state index contributed by atoms with van der Waals surface area (Å²) in [4.78, 5) is 25.7. The summed E-state index contributed by atoms with van der Waals surface area (Å²) in [5.41, 5.74) is -6.69. The fourth-order valence-corrected chi connectivity index (χ4v) is 6.82. The smallest absolute Gasteiger partial charge is 0.444 e. The van der Waals surface area contributed by atoms with Gasteiger partial charge in [-0.3, -0.25) is 9.88 Å². The highest BCUT2D eigenvalue weighted by atomic mass is 32.2. The summed E-state index contributed by atoms with van der Waals surface area (Å²) in [6.45, 7) is 9.52. The number of rotatable bonds is 4. The van der Waals surface area contributed by atoms with Crippen LogP contribution in [0.1, 0.15) is 44.9 Å². The summed E-state index contributed by atoms with van der Waals surface area (Å²) in [5, 5.41) is 0.554. The Morgan fingerprint density at radius 3 is 2.23 bits per heavy atom. The molecule has 6 rings (SSSR count). The number of carbonyl (C=O) groups excluding carboxylic acids is 1. The van der Waals surface area contributed by atoms with E-state index in [1.807, 2.05) is 4.90 Å². The predicted octanol–water partition coefficient (Wildman–Crippen LogP) is 7.16. The van der Waals surface area contributed by atoms with Crippen LogP contribution in [0.5, 0.6) is 5.75 Å². The minimum absolute atomic E-state index is 0.0668. The van der Waals surface area contributed by atoms with Gasteiger partial charge in [-0.1, -0.05) is 24.3 Å². The van der Waals surface area contributed by atoms with Crippen molar-refractivity contribution < 1.29 is 44.1 Å². The standard InChI is InChI=1S/C32H31F5N4O5S/c1-16-17(2)39-29(40-14-19-10-11-20(15-40)41(19)30(42)45-31(3,4)5)22-13-38-28(27(34)24(16)22)25-21-9-7-6-8-18(21)12-23(26(25)33)46-47(43,44)32(35,36)37/h6-9,12-13,19-20H,10-11,14-15H2,1-5H3. The number of benzene rings is 2. The number of alkyl halides is 3. The molecule has 15 heteroatoms. The maximum Gasteiger partial charge on any atom is 0.534 e. The third kappa shape index (κ3) is 5.68. The maximum absolute atomic E-state index is 16.7. The minimum Gasteiger partial charge on any atom is -0.444 e. The SMILES string of the molecule is Cc1nc(N2CC3CCC(C2)N3C(=O)OC(C)(C)C)c2cnc(-c3c(F)c(OS(=O)(=O)C(F)(F)F)cc4ccccc34)c(F)c2c1C. The number of amides is 1. The molecule has 2 saturated heterocycles. The van der Waals surface area contributed by atoms with E-state index in [0.717, 1.165) is 18.9 Å². The van der Waals surface area contributed by atoms with Crippen molar-refractivity contribution in [1.29, 1.82) is 0 Å². The van der Waals surface area contributed by atoms with Gasteiger partial charge >= 0.3 is 21.7 Å². The van der Waals surface area contributed by atoms with Crippen LogP contribution >= 0.6 is 0 Å². The normalized spacial score (nSPS) is 18.7. The highest BCUT2D eigenvalue weighted by Crippen LogP contribution is 2.43. The van der Waals surface area contributed by atoms with E-state index in [1.165, 1.54) is 30.5 Å². The number of carbonyl (C=O) groups is 1. The van der Waals surface area contributed by atoms with Crippen LogP contribution < -0.4 is 9.08 Å². The second kappa shape index (κ2) is 11.2. The van der Waals surface area contributed by atoms with Crippen LogP contribution in [0.4, 0.5) is 32.6 Å². The van der Waals surface area contributed by atoms with Crippen LogP contribution in [0.3, 0.4) is 0 Å². The molecule has 2 fully saturated rings. The van der Waals surface area contributed by atoms with E-state index in [0.29, 0.717) is 35.6 Å². The van der Waals surface area contributed by atoms with Crippen LogP contribution in [-0.4, -0.2) is 65.7 Å². The van der Waals surface area contributed by atoms with Gasteiger partial charge in [0, 0.05) is 35.8 Å². The molecule has 2 aliphatic heterocycles. The molecule has 4 aromatic rings. The molecule has 0 saturated carbocycles. The summed E-state index contributed by atoms with van der Waals surface area (Å²) < 4.78 is 106. The zero-order valence-corrected chi connectivity index (χ0v) is 26.9. The fourth-order valence-electron chi connectivity index (χ4n) is 6.37. The molecule has 2 aromatic carbocycles. The first kappa shape index (κ1) is 32.7. The Morgan fingerprint density at radius 1 is 0.979 bits per heavy atom. The second-order valence-corrected chi connectivity index (χ2v) is 14.3. The molecule has 2 aliphatic rings. The van der Waals surface area contributed by atoms with Crippen molar-refractivity contribution >= 4 is 43.6 Å². The number of pyridine rings is 2. The third-order valence-corrected chi connectivity index (χ3v) is 9.48. The Kier molecular flexibility index (Phi) is 7.76. The van der Waals surface area contributed by atoms with E-state index in [4.69, 9.17) is 9.72 Å². The van der Waals surface area contributed by atoms with Crippen LogP contribution in [0, 0.1) is 25.5 Å². The van der Waals surface area contributed by atoms with Crippen molar-refractivity contribution in [3.05, 3.63) is 59.4 Å². The van der Waals surface area contributed by atoms with Crippen molar-refractivity contribution in [3.8, 4) is 17.0 Å². The number of aromatic nitrogens is 2. The molecule has 0 aliphatic carbocycles. The topological polar surface area (TPSA) is 102 Å². The third-order valence-electron chi connectivity index (χ3n) is 8.51. The zero-order chi connectivity index (χ0) is 34.2. The van der Waals surface area contributed by atoms with Crippen molar-refractivity contribution in [3.63, 3.8) is 0 Å². The molecule has 0 radical (unpaired) electrons. The summed E-state index contributed by atoms with van der Waals surface area (Å²) in [6.07, 6.45) is 2.41. The van der Waals surface area contributed by atoms with Gasteiger partial charge in [0.05, 0.1) is 17.6 Å². The Labute approximate surface area is 267 Å². The number of ether oxygens (including phenoxy) is 1. The highest BCUT2D eigenvalue weighted by molar-refractivity contribution is 7.88. The van der Waals surface area contributed by atoms with Gasteiger partial charge in [0.15, 0.2) is 17.4 Å². The van der Waals surface area contributed by atoms with Gasteiger partial charge in [-0.05, 0) is 69.9 Å². The quantitative estimate of drug-likeness (QED) is 0.127. The Balaban J connectivity index is 1.47. The molecule has 2 bridgehead atoms. The van der Waals surface area contributed by atoms with Gasteiger partial charge < -0.3 is 13.8 Å². The molecule has 250 valence electrons. The van der Waals surface area contributed by atoms with Gasteiger partial charge in [0.2, 0.25) is 0 Å². The lowest BCUT2D eigenvalue weighted by molar-refractivity contribution is -0.0501. The Bertz CT molecular complexity index is 2030. The van der Waals surface area contributed by atoms with Gasteiger partial charge in [0.1, 0.15) is 17.1 Å². The van der Waals surface area contributed by atoms with Crippen molar-refractivity contribution in [2.45, 2.75) is 70.7 Å². The second-order valence-electron chi connectivity index (χ2n) is 12.8. The number of nitrogens with zero attached hydrogens (tertiary/aromatic N) is 4. The molecule has 0 spiro atoms. The minimum atomic E-state index is -6.24. The summed E-state index contributed by atoms with van der Waals surface area (Å²) >= 11 is 0. The van der Waals surface area contributed by atoms with E-state index in [9.17, 15) is 26.4 Å². The van der Waals surface area contributed by atoms with Crippen LogP contribution in [-0.2, 0) is 14.9 Å². The zero-order valence-electron chi connectivity index (χ0n) is 26.1. The molecule has 0 N–H and O–H groups in total. The van der Waals surface area contributed by atoms with E-state index >= 15 is 8.78 Å². The number of fused-ring (bicyclic) bond motifs is 4. The molecular weight excluding hydrogens is 647 g/mol. The Hall–Kier alpha value is -4.27. The maximum atomic E-state index is 16.7. The molecule has 4 heterocycles. The number of halogens is 5. The van der Waals surface area contributed by atoms with Gasteiger partial charge in [-0.25, -0.2) is 18.6 Å². The molecule has 9 nitrogen and oxygen atoms in total. The molecule has 2 aromatic heterocycles. The summed E-state index contributed by atoms with van der Waals surface area (Å²) in [6, 6.07) is 6.28. The summed E-state index contributed by atoms with van der Waals surface area (Å²) in [7, 11) is -6.24. The average Bonchev–Trinajstić information content (AvgIpc) is 3.24. The number of anilines is 1. The van der Waals surface area contributed by atoms with E-state index in [-0.39, 0.29) is 28.2 Å². The lowest BCUT2D eigenvalue weighted by Crippen LogP contribution is -2.57. The van der Waals surface area contributed by atoms with Crippen LogP contribution in [0.25, 0.3) is 32.8 Å². The number of aryl methyl sites for hydroxylation is 2. The molecular formula is C32H31F5N4O5S.